The van der Waals surface area contributed by atoms with E-state index in [2.05, 4.69) is 86.5 Å². The fraction of sp³-hybridized carbons (Fsp3) is 0.250. The maximum Gasteiger partial charge on any atom is 0.211 e. The van der Waals surface area contributed by atoms with Crippen molar-refractivity contribution in [1.29, 1.82) is 0 Å². The first kappa shape index (κ1) is 16.2. The third-order valence-corrected chi connectivity index (χ3v) is 6.30. The van der Waals surface area contributed by atoms with Crippen LogP contribution in [0.2, 0.25) is 0 Å². The number of hydrogen-bond acceptors (Lipinski definition) is 3. The van der Waals surface area contributed by atoms with E-state index in [1.54, 1.807) is 7.11 Å². The molecule has 0 aromatic heterocycles. The minimum Gasteiger partial charge on any atom is -0.497 e. The van der Waals surface area contributed by atoms with E-state index in [-0.39, 0.29) is 5.41 Å². The maximum atomic E-state index is 6.77. The van der Waals surface area contributed by atoms with E-state index in [9.17, 15) is 0 Å². The van der Waals surface area contributed by atoms with Gasteiger partial charge in [0.2, 0.25) is 5.72 Å². The SMILES string of the molecule is COc1ccc2c(c1)C(C)(C)[C@@]1(C=Cc3c(ccc4ccccc34)O1)N2C. The molecule has 2 aliphatic heterocycles. The predicted molar refractivity (Wildman–Crippen MR) is 111 cm³/mol. The van der Waals surface area contributed by atoms with Crippen LogP contribution in [-0.2, 0) is 5.41 Å². The fourth-order valence-corrected chi connectivity index (χ4v) is 4.68. The van der Waals surface area contributed by atoms with E-state index < -0.39 is 5.72 Å². The molecule has 0 unspecified atom stereocenters. The van der Waals surface area contributed by atoms with Gasteiger partial charge in [-0.1, -0.05) is 30.3 Å². The molecule has 3 aromatic carbocycles. The van der Waals surface area contributed by atoms with E-state index in [1.165, 1.54) is 22.0 Å². The summed E-state index contributed by atoms with van der Waals surface area (Å²) in [6, 6.07) is 18.9. The highest BCUT2D eigenvalue weighted by Crippen LogP contribution is 2.55. The van der Waals surface area contributed by atoms with Crippen LogP contribution >= 0.6 is 0 Å². The summed E-state index contributed by atoms with van der Waals surface area (Å²) in [5.74, 6) is 1.80. The summed E-state index contributed by atoms with van der Waals surface area (Å²) in [4.78, 5) is 2.25. The minimum absolute atomic E-state index is 0.245. The maximum absolute atomic E-state index is 6.77. The lowest BCUT2D eigenvalue weighted by molar-refractivity contribution is 0.0583. The summed E-state index contributed by atoms with van der Waals surface area (Å²) >= 11 is 0. The van der Waals surface area contributed by atoms with Crippen LogP contribution in [0.3, 0.4) is 0 Å². The Kier molecular flexibility index (Phi) is 3.18. The van der Waals surface area contributed by atoms with Gasteiger partial charge in [-0.3, -0.25) is 0 Å². The quantitative estimate of drug-likeness (QED) is 0.584. The smallest absolute Gasteiger partial charge is 0.211 e. The molecule has 3 nitrogen and oxygen atoms in total. The van der Waals surface area contributed by atoms with E-state index in [4.69, 9.17) is 9.47 Å². The molecular weight excluding hydrogens is 334 g/mol. The molecule has 0 saturated heterocycles. The van der Waals surface area contributed by atoms with Crippen molar-refractivity contribution in [2.45, 2.75) is 25.0 Å². The lowest BCUT2D eigenvalue weighted by Gasteiger charge is -2.46. The van der Waals surface area contributed by atoms with Crippen molar-refractivity contribution in [2.75, 3.05) is 19.1 Å². The zero-order chi connectivity index (χ0) is 18.8. The molecule has 0 aliphatic carbocycles. The first-order chi connectivity index (χ1) is 13.0. The van der Waals surface area contributed by atoms with Crippen molar-refractivity contribution < 1.29 is 9.47 Å². The molecule has 3 heteroatoms. The Balaban J connectivity index is 1.69. The van der Waals surface area contributed by atoms with Crippen molar-refractivity contribution >= 4 is 22.5 Å². The van der Waals surface area contributed by atoms with Gasteiger partial charge in [0.25, 0.3) is 0 Å². The van der Waals surface area contributed by atoms with Crippen LogP contribution in [0, 0.1) is 0 Å². The van der Waals surface area contributed by atoms with Crippen molar-refractivity contribution in [1.82, 2.24) is 0 Å². The second-order valence-corrected chi connectivity index (χ2v) is 7.90. The second-order valence-electron chi connectivity index (χ2n) is 7.90. The second kappa shape index (κ2) is 5.29. The first-order valence-corrected chi connectivity index (χ1v) is 9.30. The summed E-state index contributed by atoms with van der Waals surface area (Å²) in [6.07, 6.45) is 4.44. The Morgan fingerprint density at radius 2 is 1.81 bits per heavy atom. The summed E-state index contributed by atoms with van der Waals surface area (Å²) < 4.78 is 12.2. The average Bonchev–Trinajstić information content (AvgIpc) is 2.86. The van der Waals surface area contributed by atoms with E-state index in [1.807, 2.05) is 6.07 Å². The first-order valence-electron chi connectivity index (χ1n) is 9.30. The van der Waals surface area contributed by atoms with E-state index in [0.717, 1.165) is 17.1 Å². The van der Waals surface area contributed by atoms with Crippen LogP contribution in [-0.4, -0.2) is 19.9 Å². The zero-order valence-corrected chi connectivity index (χ0v) is 16.1. The summed E-state index contributed by atoms with van der Waals surface area (Å²) in [7, 11) is 3.82. The highest BCUT2D eigenvalue weighted by Gasteiger charge is 2.57. The molecule has 0 N–H and O–H groups in total. The Morgan fingerprint density at radius 3 is 2.63 bits per heavy atom. The number of hydrogen-bond donors (Lipinski definition) is 0. The van der Waals surface area contributed by atoms with Crippen LogP contribution in [0.4, 0.5) is 5.69 Å². The molecule has 0 amide bonds. The number of rotatable bonds is 1. The molecule has 1 atom stereocenters. The number of anilines is 1. The average molecular weight is 357 g/mol. The fourth-order valence-electron chi connectivity index (χ4n) is 4.68. The molecule has 0 bridgehead atoms. The monoisotopic (exact) mass is 357 g/mol. The van der Waals surface area contributed by atoms with Gasteiger partial charge in [0.1, 0.15) is 11.5 Å². The number of fused-ring (bicyclic) bond motifs is 4. The predicted octanol–water partition coefficient (Wildman–Crippen LogP) is 5.38. The van der Waals surface area contributed by atoms with E-state index in [0.29, 0.717) is 0 Å². The third kappa shape index (κ3) is 1.97. The van der Waals surface area contributed by atoms with Crippen LogP contribution in [0.15, 0.2) is 60.7 Å². The molecule has 0 radical (unpaired) electrons. The Bertz CT molecular complexity index is 1100. The van der Waals surface area contributed by atoms with Crippen molar-refractivity contribution in [2.24, 2.45) is 0 Å². The summed E-state index contributed by atoms with van der Waals surface area (Å²) in [5, 5.41) is 2.45. The lowest BCUT2D eigenvalue weighted by atomic mass is 9.76. The van der Waals surface area contributed by atoms with Gasteiger partial charge in [-0.15, -0.1) is 0 Å². The van der Waals surface area contributed by atoms with Crippen LogP contribution in [0.5, 0.6) is 11.5 Å². The lowest BCUT2D eigenvalue weighted by Crippen LogP contribution is -2.58. The van der Waals surface area contributed by atoms with Gasteiger partial charge in [0.15, 0.2) is 0 Å². The normalized spacial score (nSPS) is 21.9. The van der Waals surface area contributed by atoms with Gasteiger partial charge >= 0.3 is 0 Å². The topological polar surface area (TPSA) is 21.7 Å². The zero-order valence-electron chi connectivity index (χ0n) is 16.1. The third-order valence-electron chi connectivity index (χ3n) is 6.30. The molecule has 1 spiro atoms. The number of ether oxygens (including phenoxy) is 2. The van der Waals surface area contributed by atoms with Crippen LogP contribution in [0.25, 0.3) is 16.8 Å². The van der Waals surface area contributed by atoms with Crippen molar-refractivity contribution in [3.63, 3.8) is 0 Å². The highest BCUT2D eigenvalue weighted by molar-refractivity contribution is 5.94. The van der Waals surface area contributed by atoms with Crippen molar-refractivity contribution in [3.05, 3.63) is 71.8 Å². The molecule has 3 aromatic rings. The molecule has 0 fully saturated rings. The standard InChI is InChI=1S/C24H23NO2/c1-23(2)20-15-17(26-4)10-11-21(20)25(3)24(23)14-13-19-18-8-6-5-7-16(18)9-12-22(19)27-24/h5-15H,1-4H3/t24-/m0/s1. The largest absolute Gasteiger partial charge is 0.497 e. The van der Waals surface area contributed by atoms with Gasteiger partial charge in [0.05, 0.1) is 12.5 Å². The number of methoxy groups -OCH3 is 1. The van der Waals surface area contributed by atoms with Gasteiger partial charge in [0, 0.05) is 18.3 Å². The van der Waals surface area contributed by atoms with Gasteiger partial charge < -0.3 is 14.4 Å². The molecule has 136 valence electrons. The Labute approximate surface area is 159 Å². The molecule has 2 heterocycles. The van der Waals surface area contributed by atoms with Crippen LogP contribution < -0.4 is 14.4 Å². The minimum atomic E-state index is -0.572. The van der Waals surface area contributed by atoms with Crippen molar-refractivity contribution in [3.8, 4) is 11.5 Å². The van der Waals surface area contributed by atoms with Gasteiger partial charge in [-0.25, -0.2) is 0 Å². The Hall–Kier alpha value is -2.94. The summed E-state index contributed by atoms with van der Waals surface area (Å²) in [5.41, 5.74) is 2.74. The number of benzene rings is 3. The van der Waals surface area contributed by atoms with Gasteiger partial charge in [-0.2, -0.15) is 0 Å². The van der Waals surface area contributed by atoms with Crippen LogP contribution in [0.1, 0.15) is 25.0 Å². The van der Waals surface area contributed by atoms with Gasteiger partial charge in [-0.05, 0) is 66.6 Å². The number of nitrogens with zero attached hydrogens (tertiary/aromatic N) is 1. The molecule has 0 saturated carbocycles. The molecule has 5 rings (SSSR count). The number of likely N-dealkylation sites (N-methyl/N-ethyl adjacent to an activating group) is 1. The molecular formula is C24H23NO2. The molecule has 2 aliphatic rings. The Morgan fingerprint density at radius 1 is 1.00 bits per heavy atom. The van der Waals surface area contributed by atoms with E-state index >= 15 is 0 Å². The highest BCUT2D eigenvalue weighted by atomic mass is 16.5. The summed E-state index contributed by atoms with van der Waals surface area (Å²) in [6.45, 7) is 4.48. The molecule has 27 heavy (non-hydrogen) atoms.